The Morgan fingerprint density at radius 2 is 1.64 bits per heavy atom. The summed E-state index contributed by atoms with van der Waals surface area (Å²) in [6, 6.07) is 25.6. The molecule has 0 aromatic heterocycles. The van der Waals surface area contributed by atoms with E-state index in [1.54, 1.807) is 6.07 Å². The zero-order chi connectivity index (χ0) is 19.8. The molecule has 1 amide bonds. The van der Waals surface area contributed by atoms with Crippen LogP contribution >= 0.6 is 11.6 Å². The summed E-state index contributed by atoms with van der Waals surface area (Å²) in [7, 11) is 0. The Balaban J connectivity index is 1.56. The number of carbonyl (C=O) groups excluding carboxylic acids is 1. The van der Waals surface area contributed by atoms with Gasteiger partial charge in [-0.2, -0.15) is 0 Å². The molecule has 0 aliphatic heterocycles. The second-order valence-electron chi connectivity index (χ2n) is 6.51. The van der Waals surface area contributed by atoms with Crippen LogP contribution in [0.4, 0.5) is 10.5 Å². The maximum Gasteiger partial charge on any atom is 0.412 e. The number of anilines is 1. The lowest BCUT2D eigenvalue weighted by Crippen LogP contribution is -2.18. The molecular weight excluding hydrogens is 372 g/mol. The highest BCUT2D eigenvalue weighted by Gasteiger charge is 2.09. The fourth-order valence-corrected chi connectivity index (χ4v) is 2.94. The number of carbonyl (C=O) groups is 1. The molecule has 0 aliphatic carbocycles. The van der Waals surface area contributed by atoms with Crippen molar-refractivity contribution in [3.63, 3.8) is 0 Å². The Kier molecular flexibility index (Phi) is 7.06. The van der Waals surface area contributed by atoms with E-state index in [-0.39, 0.29) is 12.6 Å². The zero-order valence-electron chi connectivity index (χ0n) is 15.7. The Labute approximate surface area is 170 Å². The number of hydrogen-bond acceptors (Lipinski definition) is 3. The van der Waals surface area contributed by atoms with Crippen LogP contribution in [0.5, 0.6) is 0 Å². The highest BCUT2D eigenvalue weighted by atomic mass is 35.5. The Morgan fingerprint density at radius 1 is 0.964 bits per heavy atom. The highest BCUT2D eigenvalue weighted by molar-refractivity contribution is 6.33. The number of hydrogen-bond donors (Lipinski definition) is 2. The van der Waals surface area contributed by atoms with Gasteiger partial charge in [0, 0.05) is 12.6 Å². The second-order valence-corrected chi connectivity index (χ2v) is 6.92. The maximum atomic E-state index is 12.1. The van der Waals surface area contributed by atoms with Crippen LogP contribution < -0.4 is 10.6 Å². The largest absolute Gasteiger partial charge is 0.444 e. The summed E-state index contributed by atoms with van der Waals surface area (Å²) in [5.74, 6) is 0. The summed E-state index contributed by atoms with van der Waals surface area (Å²) in [4.78, 5) is 12.1. The lowest BCUT2D eigenvalue weighted by molar-refractivity contribution is 0.155. The van der Waals surface area contributed by atoms with E-state index in [0.717, 1.165) is 11.1 Å². The quantitative estimate of drug-likeness (QED) is 0.521. The van der Waals surface area contributed by atoms with E-state index in [1.807, 2.05) is 60.7 Å². The summed E-state index contributed by atoms with van der Waals surface area (Å²) in [5, 5.41) is 6.66. The minimum Gasteiger partial charge on any atom is -0.444 e. The lowest BCUT2D eigenvalue weighted by Gasteiger charge is -2.15. The molecule has 0 saturated heterocycles. The van der Waals surface area contributed by atoms with Gasteiger partial charge in [-0.3, -0.25) is 5.32 Å². The van der Waals surface area contributed by atoms with Crippen LogP contribution in [0.2, 0.25) is 5.02 Å². The summed E-state index contributed by atoms with van der Waals surface area (Å²) >= 11 is 6.23. The van der Waals surface area contributed by atoms with E-state index >= 15 is 0 Å². The highest BCUT2D eigenvalue weighted by Crippen LogP contribution is 2.24. The van der Waals surface area contributed by atoms with Crippen LogP contribution in [0.1, 0.15) is 29.7 Å². The fourth-order valence-electron chi connectivity index (χ4n) is 2.78. The molecule has 0 spiro atoms. The van der Waals surface area contributed by atoms with Gasteiger partial charge in [0.2, 0.25) is 0 Å². The first-order valence-electron chi connectivity index (χ1n) is 9.16. The van der Waals surface area contributed by atoms with Crippen LogP contribution in [0.15, 0.2) is 78.9 Å². The van der Waals surface area contributed by atoms with Gasteiger partial charge in [-0.05, 0) is 35.7 Å². The molecule has 3 rings (SSSR count). The summed E-state index contributed by atoms with van der Waals surface area (Å²) < 4.78 is 5.26. The smallest absolute Gasteiger partial charge is 0.412 e. The SMILES string of the molecule is C[C@@H](NCc1ccc(Cl)c(NC(=O)OCc2ccccc2)c1)c1ccccc1. The normalized spacial score (nSPS) is 11.6. The number of amides is 1. The Morgan fingerprint density at radius 3 is 2.36 bits per heavy atom. The molecule has 0 aliphatic rings. The third kappa shape index (κ3) is 5.84. The predicted octanol–water partition coefficient (Wildman–Crippen LogP) is 5.94. The summed E-state index contributed by atoms with van der Waals surface area (Å²) in [6.07, 6.45) is -0.534. The topological polar surface area (TPSA) is 50.4 Å². The average molecular weight is 395 g/mol. The predicted molar refractivity (Wildman–Crippen MR) is 113 cm³/mol. The van der Waals surface area contributed by atoms with Crippen molar-refractivity contribution in [3.05, 3.63) is 101 Å². The molecule has 5 heteroatoms. The maximum absolute atomic E-state index is 12.1. The number of rotatable bonds is 7. The average Bonchev–Trinajstić information content (AvgIpc) is 2.74. The minimum absolute atomic E-state index is 0.208. The first-order chi connectivity index (χ1) is 13.6. The molecule has 0 fully saturated rings. The van der Waals surface area contributed by atoms with Crippen molar-refractivity contribution in [2.75, 3.05) is 5.32 Å². The molecule has 1 atom stereocenters. The zero-order valence-corrected chi connectivity index (χ0v) is 16.4. The summed E-state index contributed by atoms with van der Waals surface area (Å²) in [6.45, 7) is 2.98. The molecule has 3 aromatic carbocycles. The van der Waals surface area contributed by atoms with Crippen molar-refractivity contribution in [1.82, 2.24) is 5.32 Å². The second kappa shape index (κ2) is 9.93. The van der Waals surface area contributed by atoms with Crippen LogP contribution in [-0.4, -0.2) is 6.09 Å². The van der Waals surface area contributed by atoms with Crippen LogP contribution in [0.25, 0.3) is 0 Å². The van der Waals surface area contributed by atoms with Crippen molar-refractivity contribution in [2.24, 2.45) is 0 Å². The van der Waals surface area contributed by atoms with Gasteiger partial charge in [0.05, 0.1) is 10.7 Å². The van der Waals surface area contributed by atoms with Gasteiger partial charge >= 0.3 is 6.09 Å². The van der Waals surface area contributed by atoms with Crippen LogP contribution in [0.3, 0.4) is 0 Å². The van der Waals surface area contributed by atoms with E-state index < -0.39 is 6.09 Å². The van der Waals surface area contributed by atoms with Crippen molar-refractivity contribution in [3.8, 4) is 0 Å². The summed E-state index contributed by atoms with van der Waals surface area (Å²) in [5.41, 5.74) is 3.70. The minimum atomic E-state index is -0.534. The molecule has 0 unspecified atom stereocenters. The first-order valence-corrected chi connectivity index (χ1v) is 9.54. The van der Waals surface area contributed by atoms with E-state index in [1.165, 1.54) is 5.56 Å². The number of nitrogens with one attached hydrogen (secondary N) is 2. The van der Waals surface area contributed by atoms with Gasteiger partial charge in [0.1, 0.15) is 6.61 Å². The Bertz CT molecular complexity index is 901. The van der Waals surface area contributed by atoms with Gasteiger partial charge in [-0.1, -0.05) is 78.3 Å². The monoisotopic (exact) mass is 394 g/mol. The van der Waals surface area contributed by atoms with Gasteiger partial charge < -0.3 is 10.1 Å². The Hall–Kier alpha value is -2.82. The molecule has 0 bridgehead atoms. The lowest BCUT2D eigenvalue weighted by atomic mass is 10.1. The third-order valence-electron chi connectivity index (χ3n) is 4.39. The van der Waals surface area contributed by atoms with E-state index in [2.05, 4.69) is 29.7 Å². The fraction of sp³-hybridized carbons (Fsp3) is 0.174. The van der Waals surface area contributed by atoms with Crippen molar-refractivity contribution >= 4 is 23.4 Å². The van der Waals surface area contributed by atoms with Crippen molar-refractivity contribution in [1.29, 1.82) is 0 Å². The molecule has 2 N–H and O–H groups in total. The third-order valence-corrected chi connectivity index (χ3v) is 4.72. The number of benzene rings is 3. The number of halogens is 1. The van der Waals surface area contributed by atoms with E-state index in [4.69, 9.17) is 16.3 Å². The van der Waals surface area contributed by atoms with Crippen LogP contribution in [0, 0.1) is 0 Å². The molecule has 0 radical (unpaired) electrons. The molecule has 0 heterocycles. The van der Waals surface area contributed by atoms with E-state index in [0.29, 0.717) is 17.3 Å². The van der Waals surface area contributed by atoms with Crippen molar-refractivity contribution in [2.45, 2.75) is 26.1 Å². The van der Waals surface area contributed by atoms with Gasteiger partial charge in [0.15, 0.2) is 0 Å². The van der Waals surface area contributed by atoms with E-state index in [9.17, 15) is 4.79 Å². The van der Waals surface area contributed by atoms with Gasteiger partial charge in [0.25, 0.3) is 0 Å². The first kappa shape index (κ1) is 19.9. The standard InChI is InChI=1S/C23H23ClN2O2/c1-17(20-10-6-3-7-11-20)25-15-19-12-13-21(24)22(14-19)26-23(27)28-16-18-8-4-2-5-9-18/h2-14,17,25H,15-16H2,1H3,(H,26,27)/t17-/m1/s1. The molecule has 144 valence electrons. The molecule has 3 aromatic rings. The number of ether oxygens (including phenoxy) is 1. The molecule has 0 saturated carbocycles. The van der Waals surface area contributed by atoms with Crippen molar-refractivity contribution < 1.29 is 9.53 Å². The van der Waals surface area contributed by atoms with Gasteiger partial charge in [-0.15, -0.1) is 0 Å². The molecule has 4 nitrogen and oxygen atoms in total. The molecule has 28 heavy (non-hydrogen) atoms. The van der Waals surface area contributed by atoms with Gasteiger partial charge in [-0.25, -0.2) is 4.79 Å². The molecular formula is C23H23ClN2O2. The van der Waals surface area contributed by atoms with Crippen LogP contribution in [-0.2, 0) is 17.9 Å².